The number of nitrogens with zero attached hydrogens (tertiary/aromatic N) is 2. The van der Waals surface area contributed by atoms with Crippen molar-refractivity contribution in [3.8, 4) is 5.75 Å². The molecule has 0 atom stereocenters. The van der Waals surface area contributed by atoms with Crippen molar-refractivity contribution in [2.75, 3.05) is 53.1 Å². The lowest BCUT2D eigenvalue weighted by Crippen LogP contribution is -2.41. The summed E-state index contributed by atoms with van der Waals surface area (Å²) in [7, 11) is 2.04. The topological polar surface area (TPSA) is 55.3 Å². The van der Waals surface area contributed by atoms with Crippen LogP contribution in [0.5, 0.6) is 5.75 Å². The Morgan fingerprint density at radius 3 is 2.71 bits per heavy atom. The van der Waals surface area contributed by atoms with E-state index in [0.717, 1.165) is 76.0 Å². The van der Waals surface area contributed by atoms with Crippen molar-refractivity contribution < 1.29 is 14.2 Å². The molecule has 1 N–H and O–H groups in total. The number of likely N-dealkylation sites (N-methyl/N-ethyl adjacent to an activating group) is 1. The smallest absolute Gasteiger partial charge is 0.193 e. The van der Waals surface area contributed by atoms with Gasteiger partial charge in [-0.2, -0.15) is 0 Å². The predicted octanol–water partition coefficient (Wildman–Crippen LogP) is 3.47. The van der Waals surface area contributed by atoms with Gasteiger partial charge in [-0.1, -0.05) is 18.2 Å². The summed E-state index contributed by atoms with van der Waals surface area (Å²) in [6.07, 6.45) is 3.31. The molecule has 1 saturated heterocycles. The largest absolute Gasteiger partial charge is 0.491 e. The van der Waals surface area contributed by atoms with Crippen molar-refractivity contribution in [1.29, 1.82) is 0 Å². The first kappa shape index (κ1) is 25.0. The molecule has 28 heavy (non-hydrogen) atoms. The normalized spacial score (nSPS) is 15.0. The molecule has 0 aromatic heterocycles. The minimum absolute atomic E-state index is 0. The number of halogens is 1. The van der Waals surface area contributed by atoms with Crippen molar-refractivity contribution in [1.82, 2.24) is 10.2 Å². The molecule has 7 heteroatoms. The summed E-state index contributed by atoms with van der Waals surface area (Å²) in [5, 5.41) is 3.35. The molecule has 0 aliphatic carbocycles. The zero-order chi connectivity index (χ0) is 19.3. The molecule has 1 aliphatic heterocycles. The van der Waals surface area contributed by atoms with Crippen LogP contribution >= 0.6 is 24.0 Å². The average Bonchev–Trinajstić information content (AvgIpc) is 2.69. The van der Waals surface area contributed by atoms with Crippen molar-refractivity contribution in [3.05, 3.63) is 29.8 Å². The molecule has 0 amide bonds. The second-order valence-corrected chi connectivity index (χ2v) is 6.81. The average molecular weight is 505 g/mol. The van der Waals surface area contributed by atoms with Gasteiger partial charge < -0.3 is 24.4 Å². The third kappa shape index (κ3) is 9.43. The Morgan fingerprint density at radius 2 is 2.00 bits per heavy atom. The quantitative estimate of drug-likeness (QED) is 0.229. The maximum atomic E-state index is 5.91. The number of aliphatic imine (C=N–C) groups is 1. The maximum Gasteiger partial charge on any atom is 0.193 e. The fourth-order valence-electron chi connectivity index (χ4n) is 2.93. The summed E-state index contributed by atoms with van der Waals surface area (Å²) in [5.41, 5.74) is 1.16. The second-order valence-electron chi connectivity index (χ2n) is 6.81. The van der Waals surface area contributed by atoms with Crippen LogP contribution in [0, 0.1) is 6.92 Å². The summed E-state index contributed by atoms with van der Waals surface area (Å²) in [6, 6.07) is 8.09. The molecule has 0 saturated carbocycles. The Hall–Kier alpha value is -1.06. The van der Waals surface area contributed by atoms with E-state index in [1.165, 1.54) is 0 Å². The van der Waals surface area contributed by atoms with E-state index in [0.29, 0.717) is 12.7 Å². The summed E-state index contributed by atoms with van der Waals surface area (Å²) >= 11 is 0. The number of hydrogen-bond acceptors (Lipinski definition) is 4. The van der Waals surface area contributed by atoms with Gasteiger partial charge in [0.15, 0.2) is 5.96 Å². The molecule has 0 spiro atoms. The van der Waals surface area contributed by atoms with Crippen LogP contribution in [0.3, 0.4) is 0 Å². The van der Waals surface area contributed by atoms with Crippen LogP contribution in [-0.4, -0.2) is 70.1 Å². The van der Waals surface area contributed by atoms with Crippen molar-refractivity contribution in [3.63, 3.8) is 0 Å². The number of nitrogens with one attached hydrogen (secondary N) is 1. The van der Waals surface area contributed by atoms with Gasteiger partial charge in [0.05, 0.1) is 12.6 Å². The van der Waals surface area contributed by atoms with Gasteiger partial charge in [0.25, 0.3) is 0 Å². The Balaban J connectivity index is 0.00000392. The van der Waals surface area contributed by atoms with E-state index < -0.39 is 0 Å². The van der Waals surface area contributed by atoms with E-state index in [1.807, 2.05) is 25.2 Å². The highest BCUT2D eigenvalue weighted by Crippen LogP contribution is 2.15. The number of benzene rings is 1. The first-order chi connectivity index (χ1) is 13.2. The molecular formula is C21H36IN3O3. The number of ether oxygens (including phenoxy) is 3. The summed E-state index contributed by atoms with van der Waals surface area (Å²) < 4.78 is 17.2. The molecule has 0 bridgehead atoms. The van der Waals surface area contributed by atoms with Crippen molar-refractivity contribution in [2.24, 2.45) is 4.99 Å². The Morgan fingerprint density at radius 1 is 1.25 bits per heavy atom. The molecule has 1 aromatic carbocycles. The molecular weight excluding hydrogens is 469 g/mol. The Kier molecular flexibility index (Phi) is 13.3. The van der Waals surface area contributed by atoms with E-state index in [1.54, 1.807) is 0 Å². The highest BCUT2D eigenvalue weighted by atomic mass is 127. The predicted molar refractivity (Wildman–Crippen MR) is 125 cm³/mol. The van der Waals surface area contributed by atoms with Gasteiger partial charge in [0.1, 0.15) is 12.4 Å². The van der Waals surface area contributed by atoms with E-state index in [-0.39, 0.29) is 24.0 Å². The lowest BCUT2D eigenvalue weighted by molar-refractivity contribution is -0.0318. The SMILES string of the molecule is CCNC(=NCCCOC1CCOCC1)N(C)CCOc1ccccc1C.I. The van der Waals surface area contributed by atoms with Crippen LogP contribution in [0.1, 0.15) is 31.7 Å². The second kappa shape index (κ2) is 14.9. The molecule has 1 aliphatic rings. The number of aryl methyl sites for hydroxylation is 1. The van der Waals surface area contributed by atoms with Crippen molar-refractivity contribution in [2.45, 2.75) is 39.2 Å². The fourth-order valence-corrected chi connectivity index (χ4v) is 2.93. The van der Waals surface area contributed by atoms with Crippen LogP contribution in [0.4, 0.5) is 0 Å². The molecule has 0 radical (unpaired) electrons. The maximum absolute atomic E-state index is 5.91. The summed E-state index contributed by atoms with van der Waals surface area (Å²) in [6.45, 7) is 9.56. The standard InChI is InChI=1S/C21H35N3O3.HI/c1-4-22-21(23-12-7-14-26-19-10-15-25-16-11-19)24(3)13-17-27-20-9-6-5-8-18(20)2;/h5-6,8-9,19H,4,7,10-17H2,1-3H3,(H,22,23);1H. The van der Waals surface area contributed by atoms with Crippen molar-refractivity contribution >= 4 is 29.9 Å². The fraction of sp³-hybridized carbons (Fsp3) is 0.667. The molecule has 0 unspecified atom stereocenters. The molecule has 6 nitrogen and oxygen atoms in total. The van der Waals surface area contributed by atoms with Crippen LogP contribution in [0.15, 0.2) is 29.3 Å². The summed E-state index contributed by atoms with van der Waals surface area (Å²) in [5.74, 6) is 1.86. The molecule has 160 valence electrons. The lowest BCUT2D eigenvalue weighted by atomic mass is 10.1. The van der Waals surface area contributed by atoms with Gasteiger partial charge in [-0.25, -0.2) is 0 Å². The van der Waals surface area contributed by atoms with Crippen LogP contribution < -0.4 is 10.1 Å². The number of rotatable bonds is 10. The van der Waals surface area contributed by atoms with Gasteiger partial charge in [-0.15, -0.1) is 24.0 Å². The lowest BCUT2D eigenvalue weighted by Gasteiger charge is -2.23. The van der Waals surface area contributed by atoms with Gasteiger partial charge >= 0.3 is 0 Å². The van der Waals surface area contributed by atoms with Gasteiger partial charge in [0.2, 0.25) is 0 Å². The molecule has 2 rings (SSSR count). The van der Waals surface area contributed by atoms with Crippen LogP contribution in [0.2, 0.25) is 0 Å². The molecule has 1 heterocycles. The highest BCUT2D eigenvalue weighted by Gasteiger charge is 2.13. The first-order valence-electron chi connectivity index (χ1n) is 10.1. The number of para-hydroxylation sites is 1. The monoisotopic (exact) mass is 505 g/mol. The van der Waals surface area contributed by atoms with Crippen LogP contribution in [-0.2, 0) is 9.47 Å². The van der Waals surface area contributed by atoms with E-state index in [2.05, 4.69) is 30.1 Å². The van der Waals surface area contributed by atoms with Crippen LogP contribution in [0.25, 0.3) is 0 Å². The third-order valence-electron chi connectivity index (χ3n) is 4.56. The van der Waals surface area contributed by atoms with E-state index in [9.17, 15) is 0 Å². The zero-order valence-corrected chi connectivity index (χ0v) is 19.8. The number of hydrogen-bond donors (Lipinski definition) is 1. The van der Waals surface area contributed by atoms with E-state index in [4.69, 9.17) is 19.2 Å². The van der Waals surface area contributed by atoms with Gasteiger partial charge in [-0.05, 0) is 44.7 Å². The van der Waals surface area contributed by atoms with E-state index >= 15 is 0 Å². The first-order valence-corrected chi connectivity index (χ1v) is 10.1. The Labute approximate surface area is 187 Å². The molecule has 1 fully saturated rings. The minimum Gasteiger partial charge on any atom is -0.491 e. The van der Waals surface area contributed by atoms with Gasteiger partial charge in [-0.3, -0.25) is 4.99 Å². The number of guanidine groups is 1. The zero-order valence-electron chi connectivity index (χ0n) is 17.5. The molecule has 1 aromatic rings. The minimum atomic E-state index is 0. The van der Waals surface area contributed by atoms with Gasteiger partial charge in [0, 0.05) is 40.0 Å². The Bertz CT molecular complexity index is 566. The third-order valence-corrected chi connectivity index (χ3v) is 4.56. The summed E-state index contributed by atoms with van der Waals surface area (Å²) in [4.78, 5) is 6.82. The highest BCUT2D eigenvalue weighted by molar-refractivity contribution is 14.0.